The average molecular weight is 187 g/mol. The molecule has 0 aliphatic heterocycles. The Kier molecular flexibility index (Phi) is 6.45. The Balaban J connectivity index is 3.81. The van der Waals surface area contributed by atoms with Gasteiger partial charge < -0.3 is 10.4 Å². The first-order valence-electron chi connectivity index (χ1n) is 4.43. The summed E-state index contributed by atoms with van der Waals surface area (Å²) in [6.07, 6.45) is 1.89. The lowest BCUT2D eigenvalue weighted by molar-refractivity contribution is 0.270. The standard InChI is InChI=1S/C10H18FNO/c1-4-10(11)8(2)7-12-9(3)5-6-13/h4,9,12-13H,1,5-7H2,2-3H3. The maximum absolute atomic E-state index is 12.8. The fourth-order valence-electron chi connectivity index (χ4n) is 0.882. The van der Waals surface area contributed by atoms with E-state index in [1.54, 1.807) is 6.92 Å². The van der Waals surface area contributed by atoms with Gasteiger partial charge in [-0.3, -0.25) is 0 Å². The molecule has 0 spiro atoms. The van der Waals surface area contributed by atoms with Crippen molar-refractivity contribution < 1.29 is 9.50 Å². The molecule has 0 saturated heterocycles. The van der Waals surface area contributed by atoms with E-state index in [0.717, 1.165) is 0 Å². The summed E-state index contributed by atoms with van der Waals surface area (Å²) in [6.45, 7) is 7.67. The van der Waals surface area contributed by atoms with Gasteiger partial charge >= 0.3 is 0 Å². The predicted octanol–water partition coefficient (Wildman–Crippen LogP) is 1.78. The average Bonchev–Trinajstić information content (AvgIpc) is 2.13. The molecule has 0 aliphatic rings. The molecule has 0 bridgehead atoms. The Morgan fingerprint density at radius 1 is 1.69 bits per heavy atom. The summed E-state index contributed by atoms with van der Waals surface area (Å²) in [4.78, 5) is 0. The van der Waals surface area contributed by atoms with Crippen LogP contribution in [0, 0.1) is 0 Å². The number of hydrogen-bond donors (Lipinski definition) is 2. The second kappa shape index (κ2) is 6.80. The molecule has 0 aliphatic carbocycles. The molecule has 3 heteroatoms. The molecule has 1 unspecified atom stereocenters. The third kappa shape index (κ3) is 5.55. The van der Waals surface area contributed by atoms with Crippen LogP contribution in [0.3, 0.4) is 0 Å². The Bertz CT molecular complexity index is 189. The maximum Gasteiger partial charge on any atom is 0.122 e. The summed E-state index contributed by atoms with van der Waals surface area (Å²) in [5.41, 5.74) is 0.639. The molecule has 2 N–H and O–H groups in total. The van der Waals surface area contributed by atoms with Crippen LogP contribution in [-0.2, 0) is 0 Å². The monoisotopic (exact) mass is 187 g/mol. The van der Waals surface area contributed by atoms with Gasteiger partial charge in [-0.15, -0.1) is 0 Å². The van der Waals surface area contributed by atoms with Gasteiger partial charge in [0.2, 0.25) is 0 Å². The van der Waals surface area contributed by atoms with E-state index in [-0.39, 0.29) is 18.5 Å². The molecule has 0 aromatic rings. The van der Waals surface area contributed by atoms with Crippen LogP contribution in [-0.4, -0.2) is 24.3 Å². The van der Waals surface area contributed by atoms with Crippen molar-refractivity contribution in [1.82, 2.24) is 5.32 Å². The smallest absolute Gasteiger partial charge is 0.122 e. The Morgan fingerprint density at radius 3 is 2.77 bits per heavy atom. The van der Waals surface area contributed by atoms with Crippen LogP contribution in [0.5, 0.6) is 0 Å². The quantitative estimate of drug-likeness (QED) is 0.621. The van der Waals surface area contributed by atoms with Crippen LogP contribution in [0.4, 0.5) is 4.39 Å². The summed E-state index contributed by atoms with van der Waals surface area (Å²) in [5.74, 6) is -0.274. The molecule has 0 aromatic carbocycles. The van der Waals surface area contributed by atoms with Crippen LogP contribution in [0.2, 0.25) is 0 Å². The first kappa shape index (κ1) is 12.3. The summed E-state index contributed by atoms with van der Waals surface area (Å²) in [6, 6.07) is 0.206. The zero-order valence-electron chi connectivity index (χ0n) is 8.31. The highest BCUT2D eigenvalue weighted by atomic mass is 19.1. The van der Waals surface area contributed by atoms with E-state index in [9.17, 15) is 4.39 Å². The minimum atomic E-state index is -0.274. The number of halogens is 1. The van der Waals surface area contributed by atoms with Crippen LogP contribution < -0.4 is 5.32 Å². The second-order valence-electron chi connectivity index (χ2n) is 3.13. The van der Waals surface area contributed by atoms with Gasteiger partial charge in [0.05, 0.1) is 0 Å². The lowest BCUT2D eigenvalue weighted by atomic mass is 10.2. The summed E-state index contributed by atoms with van der Waals surface area (Å²) < 4.78 is 12.8. The minimum absolute atomic E-state index is 0.154. The second-order valence-corrected chi connectivity index (χ2v) is 3.13. The van der Waals surface area contributed by atoms with Crippen molar-refractivity contribution in [3.05, 3.63) is 24.1 Å². The molecule has 0 radical (unpaired) electrons. The van der Waals surface area contributed by atoms with E-state index in [0.29, 0.717) is 18.5 Å². The van der Waals surface area contributed by atoms with Crippen LogP contribution >= 0.6 is 0 Å². The van der Waals surface area contributed by atoms with E-state index in [2.05, 4.69) is 11.9 Å². The van der Waals surface area contributed by atoms with Crippen LogP contribution in [0.25, 0.3) is 0 Å². The third-order valence-electron chi connectivity index (χ3n) is 1.86. The molecule has 0 rings (SSSR count). The summed E-state index contributed by atoms with van der Waals surface area (Å²) in [5, 5.41) is 11.7. The molecular weight excluding hydrogens is 169 g/mol. The summed E-state index contributed by atoms with van der Waals surface area (Å²) >= 11 is 0. The number of rotatable bonds is 6. The molecule has 1 atom stereocenters. The zero-order chi connectivity index (χ0) is 10.3. The van der Waals surface area contributed by atoms with Gasteiger partial charge in [-0.2, -0.15) is 0 Å². The molecule has 2 nitrogen and oxygen atoms in total. The van der Waals surface area contributed by atoms with Crippen molar-refractivity contribution in [2.45, 2.75) is 26.3 Å². The number of hydrogen-bond acceptors (Lipinski definition) is 2. The highest BCUT2D eigenvalue weighted by molar-refractivity contribution is 5.16. The molecule has 13 heavy (non-hydrogen) atoms. The van der Waals surface area contributed by atoms with Gasteiger partial charge in [-0.05, 0) is 31.9 Å². The highest BCUT2D eigenvalue weighted by Crippen LogP contribution is 2.05. The Labute approximate surface area is 79.2 Å². The maximum atomic E-state index is 12.8. The van der Waals surface area contributed by atoms with Gasteiger partial charge in [0, 0.05) is 19.2 Å². The Morgan fingerprint density at radius 2 is 2.31 bits per heavy atom. The van der Waals surface area contributed by atoms with Gasteiger partial charge in [-0.1, -0.05) is 6.58 Å². The molecule has 0 heterocycles. The molecule has 0 saturated carbocycles. The number of allylic oxidation sites excluding steroid dienone is 2. The molecule has 76 valence electrons. The first-order chi connectivity index (χ1) is 6.11. The van der Waals surface area contributed by atoms with Gasteiger partial charge in [0.15, 0.2) is 0 Å². The van der Waals surface area contributed by atoms with Gasteiger partial charge in [0.1, 0.15) is 5.83 Å². The van der Waals surface area contributed by atoms with Gasteiger partial charge in [-0.25, -0.2) is 4.39 Å². The van der Waals surface area contributed by atoms with Crippen molar-refractivity contribution in [2.24, 2.45) is 0 Å². The number of nitrogens with one attached hydrogen (secondary N) is 1. The number of aliphatic hydroxyl groups is 1. The minimum Gasteiger partial charge on any atom is -0.396 e. The largest absolute Gasteiger partial charge is 0.396 e. The van der Waals surface area contributed by atoms with E-state index in [1.165, 1.54) is 6.08 Å². The third-order valence-corrected chi connectivity index (χ3v) is 1.86. The van der Waals surface area contributed by atoms with Crippen molar-refractivity contribution in [3.8, 4) is 0 Å². The van der Waals surface area contributed by atoms with Crippen molar-refractivity contribution in [1.29, 1.82) is 0 Å². The fraction of sp³-hybridized carbons (Fsp3) is 0.600. The van der Waals surface area contributed by atoms with Crippen molar-refractivity contribution in [2.75, 3.05) is 13.2 Å². The van der Waals surface area contributed by atoms with Gasteiger partial charge in [0.25, 0.3) is 0 Å². The van der Waals surface area contributed by atoms with Crippen LogP contribution in [0.15, 0.2) is 24.1 Å². The van der Waals surface area contributed by atoms with E-state index >= 15 is 0 Å². The lowest BCUT2D eigenvalue weighted by Crippen LogP contribution is -2.28. The summed E-state index contributed by atoms with van der Waals surface area (Å²) in [7, 11) is 0. The van der Waals surface area contributed by atoms with Crippen molar-refractivity contribution >= 4 is 0 Å². The first-order valence-corrected chi connectivity index (χ1v) is 4.43. The highest BCUT2D eigenvalue weighted by Gasteiger charge is 2.01. The molecule has 0 fully saturated rings. The van der Waals surface area contributed by atoms with E-state index in [1.807, 2.05) is 6.92 Å². The number of aliphatic hydroxyl groups excluding tert-OH is 1. The molecule has 0 aromatic heterocycles. The Hall–Kier alpha value is -0.670. The van der Waals surface area contributed by atoms with E-state index < -0.39 is 0 Å². The lowest BCUT2D eigenvalue weighted by Gasteiger charge is -2.12. The van der Waals surface area contributed by atoms with Crippen molar-refractivity contribution in [3.63, 3.8) is 0 Å². The van der Waals surface area contributed by atoms with E-state index in [4.69, 9.17) is 5.11 Å². The molecule has 0 amide bonds. The molecular formula is C10H18FNO. The topological polar surface area (TPSA) is 32.3 Å². The fourth-order valence-corrected chi connectivity index (χ4v) is 0.882. The normalized spacial score (nSPS) is 15.1. The zero-order valence-corrected chi connectivity index (χ0v) is 8.31. The SMILES string of the molecule is C=CC(F)=C(C)CNC(C)CCO. The van der Waals surface area contributed by atoms with Crippen LogP contribution in [0.1, 0.15) is 20.3 Å². The predicted molar refractivity (Wildman–Crippen MR) is 53.2 cm³/mol.